The summed E-state index contributed by atoms with van der Waals surface area (Å²) in [5.41, 5.74) is 0.650. The molecule has 0 saturated heterocycles. The minimum absolute atomic E-state index is 0.0877. The van der Waals surface area contributed by atoms with E-state index in [0.29, 0.717) is 9.77 Å². The zero-order valence-electron chi connectivity index (χ0n) is 8.85. The van der Waals surface area contributed by atoms with E-state index in [9.17, 15) is 8.42 Å². The number of thiophene rings is 1. The Morgan fingerprint density at radius 2 is 2.12 bits per heavy atom. The summed E-state index contributed by atoms with van der Waals surface area (Å²) in [5, 5.41) is 10.6. The van der Waals surface area contributed by atoms with Crippen LogP contribution in [0.2, 0.25) is 0 Å². The molecule has 16 heavy (non-hydrogen) atoms. The molecule has 0 atom stereocenters. The molecule has 1 saturated carbocycles. The standard InChI is InChI=1S/C10H15NO3S2/c12-6-8-5-10(15-7-8)16(13,14)11-9-3-1-2-4-9/h5,7,9,11-12H,1-4,6H2. The lowest BCUT2D eigenvalue weighted by Crippen LogP contribution is -2.32. The highest BCUT2D eigenvalue weighted by molar-refractivity contribution is 7.91. The molecule has 4 nitrogen and oxygen atoms in total. The maximum Gasteiger partial charge on any atom is 0.250 e. The Kier molecular flexibility index (Phi) is 3.63. The van der Waals surface area contributed by atoms with Gasteiger partial charge >= 0.3 is 0 Å². The quantitative estimate of drug-likeness (QED) is 0.862. The summed E-state index contributed by atoms with van der Waals surface area (Å²) in [6, 6.07) is 1.62. The molecule has 1 aliphatic carbocycles. The average molecular weight is 261 g/mol. The minimum Gasteiger partial charge on any atom is -0.392 e. The Morgan fingerprint density at radius 1 is 1.44 bits per heavy atom. The van der Waals surface area contributed by atoms with Crippen molar-refractivity contribution in [3.05, 3.63) is 17.0 Å². The second kappa shape index (κ2) is 4.83. The van der Waals surface area contributed by atoms with Crippen molar-refractivity contribution in [1.29, 1.82) is 0 Å². The molecule has 1 aromatic heterocycles. The normalized spacial score (nSPS) is 18.1. The summed E-state index contributed by atoms with van der Waals surface area (Å²) in [4.78, 5) is 0. The number of sulfonamides is 1. The van der Waals surface area contributed by atoms with E-state index >= 15 is 0 Å². The lowest BCUT2D eigenvalue weighted by Gasteiger charge is -2.10. The Labute approximate surface area is 99.4 Å². The SMILES string of the molecule is O=S(=O)(NC1CCCC1)c1cc(CO)cs1. The van der Waals surface area contributed by atoms with E-state index in [1.54, 1.807) is 5.38 Å². The van der Waals surface area contributed by atoms with Gasteiger partial charge in [-0.15, -0.1) is 11.3 Å². The van der Waals surface area contributed by atoms with E-state index in [1.165, 1.54) is 6.07 Å². The molecular formula is C10H15NO3S2. The molecule has 1 heterocycles. The molecule has 0 amide bonds. The second-order valence-corrected chi connectivity index (χ2v) is 6.89. The van der Waals surface area contributed by atoms with Crippen LogP contribution < -0.4 is 4.72 Å². The maximum absolute atomic E-state index is 11.9. The molecule has 2 rings (SSSR count). The molecule has 1 fully saturated rings. The van der Waals surface area contributed by atoms with Crippen LogP contribution in [-0.2, 0) is 16.6 Å². The lowest BCUT2D eigenvalue weighted by molar-refractivity contribution is 0.282. The molecule has 0 unspecified atom stereocenters. The zero-order valence-corrected chi connectivity index (χ0v) is 10.5. The van der Waals surface area contributed by atoms with Gasteiger partial charge in [0.25, 0.3) is 0 Å². The fourth-order valence-electron chi connectivity index (χ4n) is 1.90. The van der Waals surface area contributed by atoms with Crippen LogP contribution in [0, 0.1) is 0 Å². The van der Waals surface area contributed by atoms with Crippen molar-refractivity contribution in [2.45, 2.75) is 42.5 Å². The van der Waals surface area contributed by atoms with Crippen LogP contribution in [-0.4, -0.2) is 19.6 Å². The van der Waals surface area contributed by atoms with Gasteiger partial charge in [0.05, 0.1) is 6.61 Å². The number of rotatable bonds is 4. The molecular weight excluding hydrogens is 246 g/mol. The van der Waals surface area contributed by atoms with E-state index in [4.69, 9.17) is 5.11 Å². The van der Waals surface area contributed by atoms with E-state index in [1.807, 2.05) is 0 Å². The number of aliphatic hydroxyl groups excluding tert-OH is 1. The van der Waals surface area contributed by atoms with Crippen LogP contribution in [0.25, 0.3) is 0 Å². The number of hydrogen-bond acceptors (Lipinski definition) is 4. The third-order valence-electron chi connectivity index (χ3n) is 2.75. The van der Waals surface area contributed by atoms with Crippen molar-refractivity contribution >= 4 is 21.4 Å². The molecule has 1 aliphatic rings. The molecule has 90 valence electrons. The van der Waals surface area contributed by atoms with Gasteiger partial charge in [-0.2, -0.15) is 0 Å². The highest BCUT2D eigenvalue weighted by Crippen LogP contribution is 2.24. The van der Waals surface area contributed by atoms with E-state index in [0.717, 1.165) is 37.0 Å². The fraction of sp³-hybridized carbons (Fsp3) is 0.600. The first kappa shape index (κ1) is 12.0. The van der Waals surface area contributed by atoms with Crippen LogP contribution in [0.15, 0.2) is 15.7 Å². The number of hydrogen-bond donors (Lipinski definition) is 2. The van der Waals surface area contributed by atoms with Crippen molar-refractivity contribution in [2.75, 3.05) is 0 Å². The zero-order chi connectivity index (χ0) is 11.6. The van der Waals surface area contributed by atoms with Crippen LogP contribution in [0.1, 0.15) is 31.2 Å². The molecule has 0 aromatic carbocycles. The van der Waals surface area contributed by atoms with Gasteiger partial charge in [0.15, 0.2) is 0 Å². The van der Waals surface area contributed by atoms with Crippen molar-refractivity contribution < 1.29 is 13.5 Å². The topological polar surface area (TPSA) is 66.4 Å². The molecule has 6 heteroatoms. The average Bonchev–Trinajstić information content (AvgIpc) is 2.85. The van der Waals surface area contributed by atoms with Crippen molar-refractivity contribution in [3.63, 3.8) is 0 Å². The third kappa shape index (κ3) is 2.63. The van der Waals surface area contributed by atoms with Gasteiger partial charge in [0.1, 0.15) is 4.21 Å². The first-order chi connectivity index (χ1) is 7.62. The van der Waals surface area contributed by atoms with Gasteiger partial charge in [-0.3, -0.25) is 0 Å². The predicted octanol–water partition coefficient (Wildman–Crippen LogP) is 1.46. The summed E-state index contributed by atoms with van der Waals surface area (Å²) in [5.74, 6) is 0. The van der Waals surface area contributed by atoms with Gasteiger partial charge in [-0.25, -0.2) is 13.1 Å². The van der Waals surface area contributed by atoms with Crippen molar-refractivity contribution in [2.24, 2.45) is 0 Å². The summed E-state index contributed by atoms with van der Waals surface area (Å²) in [7, 11) is -3.38. The van der Waals surface area contributed by atoms with Crippen molar-refractivity contribution in [3.8, 4) is 0 Å². The summed E-state index contributed by atoms with van der Waals surface area (Å²) < 4.78 is 26.9. The monoisotopic (exact) mass is 261 g/mol. The van der Waals surface area contributed by atoms with Crippen LogP contribution in [0.4, 0.5) is 0 Å². The van der Waals surface area contributed by atoms with Crippen LogP contribution >= 0.6 is 11.3 Å². The van der Waals surface area contributed by atoms with Crippen molar-refractivity contribution in [1.82, 2.24) is 4.72 Å². The minimum atomic E-state index is -3.38. The molecule has 1 aromatic rings. The summed E-state index contributed by atoms with van der Waals surface area (Å²) in [6.45, 7) is -0.116. The highest BCUT2D eigenvalue weighted by atomic mass is 32.2. The first-order valence-corrected chi connectivity index (χ1v) is 7.69. The van der Waals surface area contributed by atoms with Gasteiger partial charge < -0.3 is 5.11 Å². The summed E-state index contributed by atoms with van der Waals surface area (Å²) >= 11 is 1.15. The fourth-order valence-corrected chi connectivity index (χ4v) is 4.42. The van der Waals surface area contributed by atoms with E-state index in [2.05, 4.69) is 4.72 Å². The Bertz CT molecular complexity index is 446. The van der Waals surface area contributed by atoms with Crippen LogP contribution in [0.3, 0.4) is 0 Å². The molecule has 0 radical (unpaired) electrons. The number of nitrogens with one attached hydrogen (secondary N) is 1. The van der Waals surface area contributed by atoms with Gasteiger partial charge in [0, 0.05) is 6.04 Å². The number of aliphatic hydroxyl groups is 1. The predicted molar refractivity (Wildman–Crippen MR) is 62.8 cm³/mol. The maximum atomic E-state index is 11.9. The van der Waals surface area contributed by atoms with Gasteiger partial charge in [-0.1, -0.05) is 12.8 Å². The molecule has 0 bridgehead atoms. The molecule has 0 aliphatic heterocycles. The third-order valence-corrected chi connectivity index (χ3v) is 5.76. The van der Waals surface area contributed by atoms with Crippen LogP contribution in [0.5, 0.6) is 0 Å². The first-order valence-electron chi connectivity index (χ1n) is 5.32. The molecule has 2 N–H and O–H groups in total. The largest absolute Gasteiger partial charge is 0.392 e. The Hall–Kier alpha value is -0.430. The smallest absolute Gasteiger partial charge is 0.250 e. The van der Waals surface area contributed by atoms with E-state index < -0.39 is 10.0 Å². The Balaban J connectivity index is 2.11. The Morgan fingerprint density at radius 3 is 2.69 bits per heavy atom. The van der Waals surface area contributed by atoms with E-state index in [-0.39, 0.29) is 12.6 Å². The molecule has 0 spiro atoms. The highest BCUT2D eigenvalue weighted by Gasteiger charge is 2.23. The van der Waals surface area contributed by atoms with Gasteiger partial charge in [0.2, 0.25) is 10.0 Å². The van der Waals surface area contributed by atoms with Gasteiger partial charge in [-0.05, 0) is 29.9 Å². The summed E-state index contributed by atoms with van der Waals surface area (Å²) in [6.07, 6.45) is 4.05. The lowest BCUT2D eigenvalue weighted by atomic mass is 10.3. The second-order valence-electron chi connectivity index (χ2n) is 4.03.